The second-order valence-electron chi connectivity index (χ2n) is 4.24. The van der Waals surface area contributed by atoms with Gasteiger partial charge in [-0.25, -0.2) is 0 Å². The van der Waals surface area contributed by atoms with Gasteiger partial charge in [-0.2, -0.15) is 0 Å². The highest BCUT2D eigenvalue weighted by atomic mass is 16.5. The summed E-state index contributed by atoms with van der Waals surface area (Å²) in [4.78, 5) is 27.3. The largest absolute Gasteiger partial charge is 0.383 e. The van der Waals surface area contributed by atoms with Gasteiger partial charge in [-0.05, 0) is 13.8 Å². The Hall–Kier alpha value is -1.10. The Bertz CT molecular complexity index is 277. The molecule has 1 fully saturated rings. The van der Waals surface area contributed by atoms with Gasteiger partial charge >= 0.3 is 0 Å². The van der Waals surface area contributed by atoms with Crippen LogP contribution in [0.1, 0.15) is 20.3 Å². The molecule has 17 heavy (non-hydrogen) atoms. The quantitative estimate of drug-likeness (QED) is 0.675. The van der Waals surface area contributed by atoms with Crippen LogP contribution in [0, 0.1) is 5.92 Å². The Kier molecular flexibility index (Phi) is 5.41. The predicted molar refractivity (Wildman–Crippen MR) is 64.5 cm³/mol. The first-order valence-electron chi connectivity index (χ1n) is 6.19. The van der Waals surface area contributed by atoms with Crippen molar-refractivity contribution in [3.8, 4) is 0 Å². The lowest BCUT2D eigenvalue weighted by Gasteiger charge is -2.22. The molecule has 0 radical (unpaired) electrons. The molecule has 0 aliphatic carbocycles. The van der Waals surface area contributed by atoms with Crippen LogP contribution in [0.2, 0.25) is 0 Å². The molecule has 5 nitrogen and oxygen atoms in total. The van der Waals surface area contributed by atoms with E-state index in [0.29, 0.717) is 39.2 Å². The Morgan fingerprint density at radius 3 is 2.65 bits per heavy atom. The molecule has 2 amide bonds. The highest BCUT2D eigenvalue weighted by Crippen LogP contribution is 2.19. The van der Waals surface area contributed by atoms with Crippen molar-refractivity contribution in [1.82, 2.24) is 9.80 Å². The summed E-state index contributed by atoms with van der Waals surface area (Å²) >= 11 is 0. The first kappa shape index (κ1) is 14.0. The molecular formula is C12H22N2O3. The third-order valence-electron chi connectivity index (χ3n) is 3.20. The molecule has 98 valence electrons. The number of ether oxygens (including phenoxy) is 1. The molecule has 1 aliphatic heterocycles. The van der Waals surface area contributed by atoms with E-state index in [1.165, 1.54) is 0 Å². The molecule has 0 aromatic carbocycles. The summed E-state index contributed by atoms with van der Waals surface area (Å²) in [7, 11) is 1.61. The van der Waals surface area contributed by atoms with E-state index in [4.69, 9.17) is 4.74 Å². The second kappa shape index (κ2) is 6.59. The van der Waals surface area contributed by atoms with E-state index in [-0.39, 0.29) is 17.7 Å². The molecule has 0 aromatic heterocycles. The van der Waals surface area contributed by atoms with Crippen LogP contribution in [0.25, 0.3) is 0 Å². The molecular weight excluding hydrogens is 220 g/mol. The fourth-order valence-electron chi connectivity index (χ4n) is 2.15. The minimum Gasteiger partial charge on any atom is -0.383 e. The van der Waals surface area contributed by atoms with Crippen LogP contribution in [-0.2, 0) is 14.3 Å². The molecule has 5 heteroatoms. The van der Waals surface area contributed by atoms with Crippen molar-refractivity contribution in [2.45, 2.75) is 20.3 Å². The van der Waals surface area contributed by atoms with Gasteiger partial charge in [-0.1, -0.05) is 0 Å². The molecule has 0 N–H and O–H groups in total. The highest BCUT2D eigenvalue weighted by Gasteiger charge is 2.35. The molecule has 1 heterocycles. The van der Waals surface area contributed by atoms with Gasteiger partial charge in [-0.15, -0.1) is 0 Å². The molecule has 1 rings (SSSR count). The van der Waals surface area contributed by atoms with Crippen LogP contribution in [0.5, 0.6) is 0 Å². The maximum absolute atomic E-state index is 12.1. The van der Waals surface area contributed by atoms with Crippen LogP contribution < -0.4 is 0 Å². The van der Waals surface area contributed by atoms with Crippen molar-refractivity contribution in [2.24, 2.45) is 5.92 Å². The average molecular weight is 242 g/mol. The van der Waals surface area contributed by atoms with Gasteiger partial charge in [0.25, 0.3) is 0 Å². The standard InChI is InChI=1S/C12H22N2O3/c1-4-13(5-2)12(16)10-8-11(15)14(9-10)6-7-17-3/h10H,4-9H2,1-3H3. The molecule has 1 unspecified atom stereocenters. The first-order chi connectivity index (χ1) is 8.13. The van der Waals surface area contributed by atoms with Crippen molar-refractivity contribution in [3.63, 3.8) is 0 Å². The number of nitrogens with zero attached hydrogens (tertiary/aromatic N) is 2. The van der Waals surface area contributed by atoms with Crippen LogP contribution in [0.4, 0.5) is 0 Å². The van der Waals surface area contributed by atoms with Gasteiger partial charge in [0.05, 0.1) is 12.5 Å². The number of amides is 2. The SMILES string of the molecule is CCN(CC)C(=O)C1CC(=O)N(CCOC)C1. The summed E-state index contributed by atoms with van der Waals surface area (Å²) in [5, 5.41) is 0. The molecule has 1 atom stereocenters. The molecule has 0 aromatic rings. The van der Waals surface area contributed by atoms with Gasteiger partial charge in [0.15, 0.2) is 0 Å². The fraction of sp³-hybridized carbons (Fsp3) is 0.833. The van der Waals surface area contributed by atoms with E-state index in [1.54, 1.807) is 16.9 Å². The van der Waals surface area contributed by atoms with Crippen molar-refractivity contribution >= 4 is 11.8 Å². The van der Waals surface area contributed by atoms with Crippen LogP contribution in [0.3, 0.4) is 0 Å². The van der Waals surface area contributed by atoms with Gasteiger partial charge in [0.2, 0.25) is 11.8 Å². The normalized spacial score (nSPS) is 19.8. The summed E-state index contributed by atoms with van der Waals surface area (Å²) in [6, 6.07) is 0. The Labute approximate surface area is 103 Å². The summed E-state index contributed by atoms with van der Waals surface area (Å²) in [5.74, 6) is -0.00456. The lowest BCUT2D eigenvalue weighted by molar-refractivity contribution is -0.135. The van der Waals surface area contributed by atoms with Crippen LogP contribution in [-0.4, -0.2) is 61.5 Å². The van der Waals surface area contributed by atoms with E-state index in [2.05, 4.69) is 0 Å². The number of likely N-dealkylation sites (tertiary alicyclic amines) is 1. The maximum Gasteiger partial charge on any atom is 0.227 e. The number of carbonyl (C=O) groups is 2. The molecule has 1 aliphatic rings. The zero-order valence-electron chi connectivity index (χ0n) is 10.9. The lowest BCUT2D eigenvalue weighted by Crippen LogP contribution is -2.37. The third kappa shape index (κ3) is 3.43. The van der Waals surface area contributed by atoms with Gasteiger partial charge in [0, 0.05) is 39.7 Å². The Morgan fingerprint density at radius 2 is 2.12 bits per heavy atom. The van der Waals surface area contributed by atoms with Crippen molar-refractivity contribution in [2.75, 3.05) is 39.9 Å². The number of hydrogen-bond donors (Lipinski definition) is 0. The van der Waals surface area contributed by atoms with Crippen LogP contribution >= 0.6 is 0 Å². The summed E-state index contributed by atoms with van der Waals surface area (Å²) in [6.45, 7) is 6.98. The molecule has 0 spiro atoms. The van der Waals surface area contributed by atoms with Crippen LogP contribution in [0.15, 0.2) is 0 Å². The maximum atomic E-state index is 12.1. The van der Waals surface area contributed by atoms with E-state index < -0.39 is 0 Å². The van der Waals surface area contributed by atoms with E-state index in [9.17, 15) is 9.59 Å². The first-order valence-corrected chi connectivity index (χ1v) is 6.19. The lowest BCUT2D eigenvalue weighted by atomic mass is 10.1. The van der Waals surface area contributed by atoms with Crippen molar-refractivity contribution < 1.29 is 14.3 Å². The highest BCUT2D eigenvalue weighted by molar-refractivity contribution is 5.89. The topological polar surface area (TPSA) is 49.9 Å². The molecule has 0 saturated carbocycles. The smallest absolute Gasteiger partial charge is 0.227 e. The zero-order chi connectivity index (χ0) is 12.8. The van der Waals surface area contributed by atoms with E-state index >= 15 is 0 Å². The van der Waals surface area contributed by atoms with Gasteiger partial charge in [0.1, 0.15) is 0 Å². The zero-order valence-corrected chi connectivity index (χ0v) is 10.9. The predicted octanol–water partition coefficient (Wildman–Crippen LogP) is 0.350. The number of methoxy groups -OCH3 is 1. The fourth-order valence-corrected chi connectivity index (χ4v) is 2.15. The minimum absolute atomic E-state index is 0.0626. The number of hydrogen-bond acceptors (Lipinski definition) is 3. The second-order valence-corrected chi connectivity index (χ2v) is 4.24. The van der Waals surface area contributed by atoms with E-state index in [0.717, 1.165) is 0 Å². The van der Waals surface area contributed by atoms with Gasteiger partial charge in [-0.3, -0.25) is 9.59 Å². The Morgan fingerprint density at radius 1 is 1.47 bits per heavy atom. The average Bonchev–Trinajstić information content (AvgIpc) is 2.69. The third-order valence-corrected chi connectivity index (χ3v) is 3.20. The van der Waals surface area contributed by atoms with Gasteiger partial charge < -0.3 is 14.5 Å². The number of rotatable bonds is 6. The molecule has 1 saturated heterocycles. The Balaban J connectivity index is 2.52. The minimum atomic E-state index is -0.167. The number of carbonyl (C=O) groups excluding carboxylic acids is 2. The summed E-state index contributed by atoms with van der Waals surface area (Å²) < 4.78 is 4.95. The van der Waals surface area contributed by atoms with Crippen molar-refractivity contribution in [3.05, 3.63) is 0 Å². The molecule has 0 bridgehead atoms. The van der Waals surface area contributed by atoms with E-state index in [1.807, 2.05) is 13.8 Å². The monoisotopic (exact) mass is 242 g/mol. The summed E-state index contributed by atoms with van der Waals surface area (Å²) in [6.07, 6.45) is 0.346. The summed E-state index contributed by atoms with van der Waals surface area (Å²) in [5.41, 5.74) is 0. The van der Waals surface area contributed by atoms with Crippen molar-refractivity contribution in [1.29, 1.82) is 0 Å².